The second-order valence-electron chi connectivity index (χ2n) is 7.78. The van der Waals surface area contributed by atoms with Crippen LogP contribution in [0.4, 0.5) is 0 Å². The first-order chi connectivity index (χ1) is 14.1. The number of aryl methyl sites for hydroxylation is 1. The van der Waals surface area contributed by atoms with E-state index in [1.807, 2.05) is 24.0 Å². The Bertz CT molecular complexity index is 1040. The fourth-order valence-electron chi connectivity index (χ4n) is 4.25. The molecule has 2 unspecified atom stereocenters. The van der Waals surface area contributed by atoms with Gasteiger partial charge in [-0.15, -0.1) is 0 Å². The van der Waals surface area contributed by atoms with Crippen LogP contribution in [-0.2, 0) is 4.79 Å². The predicted molar refractivity (Wildman–Crippen MR) is 119 cm³/mol. The molecule has 1 aromatic carbocycles. The molecule has 0 aliphatic carbocycles. The molecule has 0 saturated carbocycles. The number of carbonyl (C=O) groups is 1. The number of hydrogen-bond acceptors (Lipinski definition) is 4. The first-order valence-corrected chi connectivity index (χ1v) is 11.3. The Morgan fingerprint density at radius 3 is 2.86 bits per heavy atom. The molecule has 2 aromatic rings. The van der Waals surface area contributed by atoms with Gasteiger partial charge in [-0.3, -0.25) is 4.79 Å². The summed E-state index contributed by atoms with van der Waals surface area (Å²) in [4.78, 5) is 27.5. The number of rotatable bonds is 3. The zero-order valence-corrected chi connectivity index (χ0v) is 17.9. The number of benzene rings is 1. The number of H-pyrrole nitrogens is 1. The molecule has 4 heterocycles. The number of imidazole rings is 1. The van der Waals surface area contributed by atoms with Gasteiger partial charge in [0.25, 0.3) is 5.91 Å². The van der Waals surface area contributed by atoms with Crippen LogP contribution in [0, 0.1) is 6.92 Å². The summed E-state index contributed by atoms with van der Waals surface area (Å²) < 4.78 is 0. The lowest BCUT2D eigenvalue weighted by molar-refractivity contribution is -0.123. The topological polar surface area (TPSA) is 55.5 Å². The number of hydrogen-bond donors (Lipinski definition) is 1. The molecule has 3 aliphatic heterocycles. The summed E-state index contributed by atoms with van der Waals surface area (Å²) >= 11 is 0. The molecule has 0 bridgehead atoms. The maximum atomic E-state index is 12.9. The highest BCUT2D eigenvalue weighted by atomic mass is 31.1. The molecule has 0 spiro atoms. The Morgan fingerprint density at radius 2 is 2.07 bits per heavy atom. The van der Waals surface area contributed by atoms with Crippen LogP contribution < -0.4 is 0 Å². The molecular weight excluding hydrogens is 381 g/mol. The summed E-state index contributed by atoms with van der Waals surface area (Å²) in [7, 11) is 0.532. The zero-order chi connectivity index (χ0) is 20.0. The molecule has 1 N–H and O–H groups in total. The van der Waals surface area contributed by atoms with Crippen LogP contribution in [0.15, 0.2) is 48.3 Å². The van der Waals surface area contributed by atoms with E-state index < -0.39 is 0 Å². The highest BCUT2D eigenvalue weighted by Crippen LogP contribution is 2.45. The van der Waals surface area contributed by atoms with E-state index in [4.69, 9.17) is 0 Å². The second kappa shape index (κ2) is 7.43. The van der Waals surface area contributed by atoms with Gasteiger partial charge in [0.15, 0.2) is 0 Å². The minimum atomic E-state index is 0.0682. The van der Waals surface area contributed by atoms with Gasteiger partial charge >= 0.3 is 0 Å². The molecule has 3 aliphatic rings. The third-order valence-corrected chi connectivity index (χ3v) is 7.45. The zero-order valence-electron chi connectivity index (χ0n) is 16.9. The van der Waals surface area contributed by atoms with Crippen molar-refractivity contribution in [3.63, 3.8) is 0 Å². The van der Waals surface area contributed by atoms with Crippen molar-refractivity contribution in [2.45, 2.75) is 19.6 Å². The van der Waals surface area contributed by atoms with Crippen LogP contribution in [0.1, 0.15) is 18.3 Å². The van der Waals surface area contributed by atoms with Crippen molar-refractivity contribution in [1.82, 2.24) is 24.7 Å². The van der Waals surface area contributed by atoms with E-state index in [-0.39, 0.29) is 11.7 Å². The lowest BCUT2D eigenvalue weighted by atomic mass is 10.1. The van der Waals surface area contributed by atoms with Gasteiger partial charge < -0.3 is 19.7 Å². The molecule has 0 radical (unpaired) electrons. The maximum Gasteiger partial charge on any atom is 0.252 e. The van der Waals surface area contributed by atoms with Gasteiger partial charge in [0, 0.05) is 38.5 Å². The number of aromatic amines is 1. The van der Waals surface area contributed by atoms with Gasteiger partial charge in [-0.1, -0.05) is 27.6 Å². The Kier molecular flexibility index (Phi) is 4.76. The Balaban J connectivity index is 1.37. The third-order valence-electron chi connectivity index (χ3n) is 5.94. The van der Waals surface area contributed by atoms with E-state index in [1.54, 1.807) is 0 Å². The average Bonchev–Trinajstić information content (AvgIpc) is 3.12. The van der Waals surface area contributed by atoms with E-state index in [9.17, 15) is 4.79 Å². The van der Waals surface area contributed by atoms with Crippen LogP contribution >= 0.6 is 8.58 Å². The molecule has 5 rings (SSSR count). The Labute approximate surface area is 172 Å². The molecule has 29 heavy (non-hydrogen) atoms. The molecule has 1 fully saturated rings. The van der Waals surface area contributed by atoms with Gasteiger partial charge in [0.2, 0.25) is 0 Å². The molecule has 7 heteroatoms. The van der Waals surface area contributed by atoms with Crippen molar-refractivity contribution in [3.05, 3.63) is 59.7 Å². The summed E-state index contributed by atoms with van der Waals surface area (Å²) in [6, 6.07) is 6.21. The van der Waals surface area contributed by atoms with Crippen LogP contribution in [0.25, 0.3) is 16.3 Å². The standard InChI is InChI=1S/C22H26N5OP/c1-3-25-8-10-26(11-9-25)17-5-7-22-27(14-17)21(28)13-20(29-22)16-4-6-18-19(12-16)24-15(2)23-18/h4-7,12-14,22,29H,3,8-11H2,1-2H3,(H,23,24). The summed E-state index contributed by atoms with van der Waals surface area (Å²) in [5.41, 5.74) is 4.24. The largest absolute Gasteiger partial charge is 0.368 e. The van der Waals surface area contributed by atoms with Gasteiger partial charge in [0.1, 0.15) is 5.82 Å². The van der Waals surface area contributed by atoms with Gasteiger partial charge in [-0.2, -0.15) is 0 Å². The highest BCUT2D eigenvalue weighted by molar-refractivity contribution is 7.51. The van der Waals surface area contributed by atoms with Crippen LogP contribution in [-0.4, -0.2) is 69.1 Å². The monoisotopic (exact) mass is 407 g/mol. The van der Waals surface area contributed by atoms with Crippen molar-refractivity contribution in [2.24, 2.45) is 0 Å². The summed E-state index contributed by atoms with van der Waals surface area (Å²) in [5.74, 6) is 1.09. The van der Waals surface area contributed by atoms with Crippen molar-refractivity contribution < 1.29 is 4.79 Å². The second-order valence-corrected chi connectivity index (χ2v) is 9.20. The molecule has 1 amide bonds. The molecule has 2 atom stereocenters. The van der Waals surface area contributed by atoms with Crippen LogP contribution in [0.3, 0.4) is 0 Å². The number of likely N-dealkylation sites (N-methyl/N-ethyl adjacent to an activating group) is 1. The van der Waals surface area contributed by atoms with E-state index in [1.165, 1.54) is 0 Å². The van der Waals surface area contributed by atoms with Crippen LogP contribution in [0.2, 0.25) is 0 Å². The van der Waals surface area contributed by atoms with E-state index >= 15 is 0 Å². The quantitative estimate of drug-likeness (QED) is 0.795. The van der Waals surface area contributed by atoms with Crippen molar-refractivity contribution in [1.29, 1.82) is 0 Å². The summed E-state index contributed by atoms with van der Waals surface area (Å²) in [5, 5.41) is 1.11. The van der Waals surface area contributed by atoms with E-state index in [0.29, 0.717) is 8.58 Å². The first-order valence-electron chi connectivity index (χ1n) is 10.3. The van der Waals surface area contributed by atoms with Crippen LogP contribution in [0.5, 0.6) is 0 Å². The van der Waals surface area contributed by atoms with E-state index in [0.717, 1.165) is 66.2 Å². The van der Waals surface area contributed by atoms with Crippen molar-refractivity contribution in [2.75, 3.05) is 32.7 Å². The fraction of sp³-hybridized carbons (Fsp3) is 0.364. The normalized spacial score (nSPS) is 23.5. The summed E-state index contributed by atoms with van der Waals surface area (Å²) in [6.45, 7) is 9.48. The SMILES string of the molecule is CCN1CCN(C2=CN3C(=O)C=C(c4ccc5nc(C)[nH]c5c4)PC3C=C2)CC1. The molecule has 6 nitrogen and oxygen atoms in total. The van der Waals surface area contributed by atoms with Gasteiger partial charge in [0.05, 0.1) is 22.5 Å². The van der Waals surface area contributed by atoms with Gasteiger partial charge in [-0.25, -0.2) is 4.98 Å². The smallest absolute Gasteiger partial charge is 0.252 e. The maximum absolute atomic E-state index is 12.9. The Morgan fingerprint density at radius 1 is 1.24 bits per heavy atom. The number of nitrogens with one attached hydrogen (secondary N) is 1. The molecular formula is C22H26N5OP. The predicted octanol–water partition coefficient (Wildman–Crippen LogP) is 3.11. The average molecular weight is 407 g/mol. The molecule has 1 aromatic heterocycles. The van der Waals surface area contributed by atoms with E-state index in [2.05, 4.69) is 57.2 Å². The lowest BCUT2D eigenvalue weighted by Gasteiger charge is -2.40. The number of aromatic nitrogens is 2. The molecule has 150 valence electrons. The number of nitrogens with zero attached hydrogens (tertiary/aromatic N) is 4. The number of allylic oxidation sites excluding steroid dienone is 1. The molecule has 1 saturated heterocycles. The van der Waals surface area contributed by atoms with Crippen molar-refractivity contribution in [3.8, 4) is 0 Å². The van der Waals surface area contributed by atoms with Gasteiger partial charge in [-0.05, 0) is 42.6 Å². The third kappa shape index (κ3) is 3.52. The number of piperazine rings is 1. The number of amides is 1. The van der Waals surface area contributed by atoms with Crippen molar-refractivity contribution >= 4 is 30.8 Å². The number of carbonyl (C=O) groups excluding carboxylic acids is 1. The fourth-order valence-corrected chi connectivity index (χ4v) is 5.63. The minimum absolute atomic E-state index is 0.0682. The Hall–Kier alpha value is -2.43. The minimum Gasteiger partial charge on any atom is -0.368 e. The number of fused-ring (bicyclic) bond motifs is 2. The first kappa shape index (κ1) is 18.6. The lowest BCUT2D eigenvalue weighted by Crippen LogP contribution is -2.46. The summed E-state index contributed by atoms with van der Waals surface area (Å²) in [6.07, 6.45) is 8.26. The highest BCUT2D eigenvalue weighted by Gasteiger charge is 2.30.